The molecule has 0 amide bonds. The van der Waals surface area contributed by atoms with E-state index in [2.05, 4.69) is 10.4 Å². The Bertz CT molecular complexity index is 578. The predicted molar refractivity (Wildman–Crippen MR) is 81.0 cm³/mol. The minimum atomic E-state index is -0.322. The molecular formula is C16H21N3O2. The summed E-state index contributed by atoms with van der Waals surface area (Å²) >= 11 is 0. The van der Waals surface area contributed by atoms with Crippen LogP contribution in [0, 0.1) is 5.92 Å². The second-order valence-corrected chi connectivity index (χ2v) is 5.21. The number of hydrogen-bond acceptors (Lipinski definition) is 4. The Labute approximate surface area is 124 Å². The fraction of sp³-hybridized carbons (Fsp3) is 0.375. The molecule has 5 nitrogen and oxygen atoms in total. The highest BCUT2D eigenvalue weighted by molar-refractivity contribution is 5.75. The molecule has 1 heterocycles. The molecule has 2 aromatic rings. The van der Waals surface area contributed by atoms with Gasteiger partial charge in [0.1, 0.15) is 6.04 Å². The van der Waals surface area contributed by atoms with Gasteiger partial charge in [-0.15, -0.1) is 0 Å². The van der Waals surface area contributed by atoms with Crippen LogP contribution in [0.3, 0.4) is 0 Å². The van der Waals surface area contributed by atoms with Gasteiger partial charge in [0.25, 0.3) is 0 Å². The number of nitrogens with zero attached hydrogens (tertiary/aromatic N) is 2. The molecule has 2 rings (SSSR count). The fourth-order valence-electron chi connectivity index (χ4n) is 2.11. The summed E-state index contributed by atoms with van der Waals surface area (Å²) in [5, 5.41) is 7.70. The van der Waals surface area contributed by atoms with Crippen LogP contribution < -0.4 is 5.32 Å². The molecule has 0 saturated heterocycles. The quantitative estimate of drug-likeness (QED) is 0.827. The van der Waals surface area contributed by atoms with E-state index in [0.717, 1.165) is 11.4 Å². The van der Waals surface area contributed by atoms with Crippen molar-refractivity contribution >= 4 is 5.97 Å². The maximum absolute atomic E-state index is 11.7. The van der Waals surface area contributed by atoms with E-state index in [0.29, 0.717) is 6.54 Å². The smallest absolute Gasteiger partial charge is 0.323 e. The van der Waals surface area contributed by atoms with E-state index in [-0.39, 0.29) is 17.9 Å². The van der Waals surface area contributed by atoms with Crippen LogP contribution in [0.5, 0.6) is 0 Å². The van der Waals surface area contributed by atoms with Gasteiger partial charge >= 0.3 is 5.97 Å². The summed E-state index contributed by atoms with van der Waals surface area (Å²) in [6.07, 6.45) is 1.91. The SMILES string of the molecule is COC(=O)C(NCc1ccn(-c2ccccc2)n1)C(C)C. The van der Waals surface area contributed by atoms with E-state index >= 15 is 0 Å². The van der Waals surface area contributed by atoms with Crippen LogP contribution in [-0.2, 0) is 16.1 Å². The van der Waals surface area contributed by atoms with Gasteiger partial charge in [-0.2, -0.15) is 5.10 Å². The monoisotopic (exact) mass is 287 g/mol. The Morgan fingerprint density at radius 1 is 1.29 bits per heavy atom. The van der Waals surface area contributed by atoms with Crippen molar-refractivity contribution in [2.24, 2.45) is 5.92 Å². The molecular weight excluding hydrogens is 266 g/mol. The molecule has 0 aliphatic carbocycles. The Morgan fingerprint density at radius 3 is 2.62 bits per heavy atom. The average Bonchev–Trinajstić information content (AvgIpc) is 2.96. The van der Waals surface area contributed by atoms with E-state index in [1.54, 1.807) is 0 Å². The number of carbonyl (C=O) groups excluding carboxylic acids is 1. The number of ether oxygens (including phenoxy) is 1. The molecule has 1 N–H and O–H groups in total. The van der Waals surface area contributed by atoms with Gasteiger partial charge < -0.3 is 4.74 Å². The molecule has 0 spiro atoms. The summed E-state index contributed by atoms with van der Waals surface area (Å²) in [6.45, 7) is 4.49. The zero-order chi connectivity index (χ0) is 15.2. The number of aromatic nitrogens is 2. The summed E-state index contributed by atoms with van der Waals surface area (Å²) in [5.74, 6) is -0.0823. The molecule has 0 fully saturated rings. The van der Waals surface area contributed by atoms with Gasteiger partial charge in [0.15, 0.2) is 0 Å². The largest absolute Gasteiger partial charge is 0.468 e. The summed E-state index contributed by atoms with van der Waals surface area (Å²) in [5.41, 5.74) is 1.89. The minimum absolute atomic E-state index is 0.161. The number of para-hydroxylation sites is 1. The van der Waals surface area contributed by atoms with Crippen molar-refractivity contribution in [3.8, 4) is 5.69 Å². The van der Waals surface area contributed by atoms with Gasteiger partial charge in [0.05, 0.1) is 18.5 Å². The topological polar surface area (TPSA) is 56.1 Å². The van der Waals surface area contributed by atoms with Crippen molar-refractivity contribution in [2.45, 2.75) is 26.4 Å². The van der Waals surface area contributed by atoms with Crippen molar-refractivity contribution in [3.05, 3.63) is 48.3 Å². The highest BCUT2D eigenvalue weighted by Crippen LogP contribution is 2.08. The molecule has 0 aliphatic heterocycles. The second-order valence-electron chi connectivity index (χ2n) is 5.21. The van der Waals surface area contributed by atoms with E-state index in [9.17, 15) is 4.79 Å². The third-order valence-corrected chi connectivity index (χ3v) is 3.29. The molecule has 1 aromatic heterocycles. The highest BCUT2D eigenvalue weighted by Gasteiger charge is 2.22. The molecule has 1 aromatic carbocycles. The van der Waals surface area contributed by atoms with Crippen LogP contribution in [0.1, 0.15) is 19.5 Å². The zero-order valence-electron chi connectivity index (χ0n) is 12.6. The molecule has 1 atom stereocenters. The molecule has 0 bridgehead atoms. The number of nitrogens with one attached hydrogen (secondary N) is 1. The first-order valence-corrected chi connectivity index (χ1v) is 7.03. The average molecular weight is 287 g/mol. The van der Waals surface area contributed by atoms with E-state index in [1.807, 2.05) is 61.1 Å². The van der Waals surface area contributed by atoms with Crippen molar-refractivity contribution in [3.63, 3.8) is 0 Å². The first-order chi connectivity index (χ1) is 10.1. The van der Waals surface area contributed by atoms with E-state index in [4.69, 9.17) is 4.74 Å². The van der Waals surface area contributed by atoms with Gasteiger partial charge in [-0.05, 0) is 24.1 Å². The van der Waals surface area contributed by atoms with Gasteiger partial charge in [0.2, 0.25) is 0 Å². The lowest BCUT2D eigenvalue weighted by molar-refractivity contribution is -0.144. The zero-order valence-corrected chi connectivity index (χ0v) is 12.6. The molecule has 0 radical (unpaired) electrons. The van der Waals surface area contributed by atoms with Crippen molar-refractivity contribution < 1.29 is 9.53 Å². The number of hydrogen-bond donors (Lipinski definition) is 1. The van der Waals surface area contributed by atoms with Gasteiger partial charge in [0, 0.05) is 12.7 Å². The van der Waals surface area contributed by atoms with Crippen LogP contribution in [-0.4, -0.2) is 28.9 Å². The lowest BCUT2D eigenvalue weighted by Crippen LogP contribution is -2.41. The summed E-state index contributed by atoms with van der Waals surface area (Å²) in [7, 11) is 1.41. The number of esters is 1. The summed E-state index contributed by atoms with van der Waals surface area (Å²) in [6, 6.07) is 11.5. The van der Waals surface area contributed by atoms with Crippen molar-refractivity contribution in [2.75, 3.05) is 7.11 Å². The predicted octanol–water partition coefficient (Wildman–Crippen LogP) is 2.16. The lowest BCUT2D eigenvalue weighted by atomic mass is 10.0. The van der Waals surface area contributed by atoms with Crippen molar-refractivity contribution in [1.29, 1.82) is 0 Å². The molecule has 112 valence electrons. The Hall–Kier alpha value is -2.14. The van der Waals surface area contributed by atoms with Crippen LogP contribution >= 0.6 is 0 Å². The second kappa shape index (κ2) is 7.04. The maximum atomic E-state index is 11.7. The molecule has 0 aliphatic rings. The molecule has 1 unspecified atom stereocenters. The fourth-order valence-corrected chi connectivity index (χ4v) is 2.11. The number of methoxy groups -OCH3 is 1. The molecule has 21 heavy (non-hydrogen) atoms. The highest BCUT2D eigenvalue weighted by atomic mass is 16.5. The molecule has 0 saturated carbocycles. The van der Waals surface area contributed by atoms with Gasteiger partial charge in [-0.1, -0.05) is 32.0 Å². The van der Waals surface area contributed by atoms with Crippen LogP contribution in [0.25, 0.3) is 5.69 Å². The maximum Gasteiger partial charge on any atom is 0.323 e. The molecule has 5 heteroatoms. The van der Waals surface area contributed by atoms with Crippen LogP contribution in [0.4, 0.5) is 0 Å². The first-order valence-electron chi connectivity index (χ1n) is 7.03. The van der Waals surface area contributed by atoms with Gasteiger partial charge in [-0.25, -0.2) is 4.68 Å². The summed E-state index contributed by atoms with van der Waals surface area (Å²) in [4.78, 5) is 11.7. The first kappa shape index (κ1) is 15.3. The van der Waals surface area contributed by atoms with Crippen molar-refractivity contribution in [1.82, 2.24) is 15.1 Å². The number of carbonyl (C=O) groups is 1. The standard InChI is InChI=1S/C16H21N3O2/c1-12(2)15(16(20)21-3)17-11-13-9-10-19(18-13)14-7-5-4-6-8-14/h4-10,12,15,17H,11H2,1-3H3. The van der Waals surface area contributed by atoms with Crippen LogP contribution in [0.15, 0.2) is 42.6 Å². The Morgan fingerprint density at radius 2 is 2.00 bits per heavy atom. The minimum Gasteiger partial charge on any atom is -0.468 e. The third-order valence-electron chi connectivity index (χ3n) is 3.29. The van der Waals surface area contributed by atoms with Crippen LogP contribution in [0.2, 0.25) is 0 Å². The van der Waals surface area contributed by atoms with E-state index in [1.165, 1.54) is 7.11 Å². The lowest BCUT2D eigenvalue weighted by Gasteiger charge is -2.19. The summed E-state index contributed by atoms with van der Waals surface area (Å²) < 4.78 is 6.63. The normalized spacial score (nSPS) is 12.4. The third kappa shape index (κ3) is 3.92. The number of rotatable bonds is 6. The Kier molecular flexibility index (Phi) is 5.11. The number of benzene rings is 1. The van der Waals surface area contributed by atoms with E-state index < -0.39 is 0 Å². The van der Waals surface area contributed by atoms with Gasteiger partial charge in [-0.3, -0.25) is 10.1 Å². The Balaban J connectivity index is 2.01.